The lowest BCUT2D eigenvalue weighted by Crippen LogP contribution is -2.42. The van der Waals surface area contributed by atoms with Crippen LogP contribution in [0.4, 0.5) is 0 Å². The molecule has 1 aliphatic rings. The minimum atomic E-state index is 0.678. The molecule has 19 heavy (non-hydrogen) atoms. The second kappa shape index (κ2) is 7.70. The number of nitrogens with two attached hydrogens (primary N) is 1. The number of guanidine groups is 1. The van der Waals surface area contributed by atoms with Crippen molar-refractivity contribution >= 4 is 29.5 Å². The highest BCUT2D eigenvalue weighted by atomic mass is 32.2. The summed E-state index contributed by atoms with van der Waals surface area (Å²) in [5, 5.41) is 0. The number of hydrogen-bond donors (Lipinski definition) is 1. The van der Waals surface area contributed by atoms with Gasteiger partial charge in [0.2, 0.25) is 0 Å². The van der Waals surface area contributed by atoms with Crippen molar-refractivity contribution in [1.82, 2.24) is 4.90 Å². The lowest BCUT2D eigenvalue weighted by molar-refractivity contribution is 0.455. The topological polar surface area (TPSA) is 41.6 Å². The average molecular weight is 295 g/mol. The van der Waals surface area contributed by atoms with Crippen LogP contribution in [0, 0.1) is 0 Å². The molecule has 1 aliphatic heterocycles. The Hall–Kier alpha value is -0.810. The number of aliphatic imine (C=N–C) groups is 1. The highest BCUT2D eigenvalue weighted by Crippen LogP contribution is 2.13. The third-order valence-electron chi connectivity index (χ3n) is 3.06. The first-order chi connectivity index (χ1) is 9.29. The van der Waals surface area contributed by atoms with Crippen molar-refractivity contribution in [2.24, 2.45) is 10.7 Å². The Balaban J connectivity index is 1.94. The molecule has 0 unspecified atom stereocenters. The summed E-state index contributed by atoms with van der Waals surface area (Å²) in [5.74, 6) is 4.05. The first kappa shape index (κ1) is 14.6. The lowest BCUT2D eigenvalue weighted by Gasteiger charge is -2.27. The maximum absolute atomic E-state index is 6.06. The van der Waals surface area contributed by atoms with E-state index in [1.807, 2.05) is 23.5 Å². The molecule has 1 saturated heterocycles. The van der Waals surface area contributed by atoms with E-state index in [1.54, 1.807) is 0 Å². The van der Waals surface area contributed by atoms with Gasteiger partial charge in [-0.1, -0.05) is 24.3 Å². The quantitative estimate of drug-likeness (QED) is 0.684. The monoisotopic (exact) mass is 295 g/mol. The van der Waals surface area contributed by atoms with E-state index in [0.29, 0.717) is 12.5 Å². The van der Waals surface area contributed by atoms with Crippen LogP contribution in [0.15, 0.2) is 29.3 Å². The second-order valence-corrected chi connectivity index (χ2v) is 6.62. The van der Waals surface area contributed by atoms with Crippen LogP contribution in [0.5, 0.6) is 0 Å². The molecule has 0 aliphatic carbocycles. The molecule has 5 heteroatoms. The van der Waals surface area contributed by atoms with E-state index in [-0.39, 0.29) is 0 Å². The van der Waals surface area contributed by atoms with Gasteiger partial charge < -0.3 is 10.6 Å². The van der Waals surface area contributed by atoms with Gasteiger partial charge in [0, 0.05) is 30.3 Å². The molecule has 0 spiro atoms. The summed E-state index contributed by atoms with van der Waals surface area (Å²) in [6, 6.07) is 8.60. The molecule has 1 heterocycles. The molecule has 0 radical (unpaired) electrons. The minimum Gasteiger partial charge on any atom is -0.370 e. The van der Waals surface area contributed by atoms with Crippen molar-refractivity contribution < 1.29 is 0 Å². The van der Waals surface area contributed by atoms with Gasteiger partial charge in [-0.2, -0.15) is 23.5 Å². The summed E-state index contributed by atoms with van der Waals surface area (Å²) in [5.41, 5.74) is 8.65. The predicted octanol–water partition coefficient (Wildman–Crippen LogP) is 2.41. The third kappa shape index (κ3) is 4.66. The van der Waals surface area contributed by atoms with E-state index in [2.05, 4.69) is 40.4 Å². The van der Waals surface area contributed by atoms with Crippen LogP contribution < -0.4 is 5.73 Å². The number of thioether (sulfide) groups is 2. The van der Waals surface area contributed by atoms with Crippen molar-refractivity contribution in [3.63, 3.8) is 0 Å². The molecule has 2 N–H and O–H groups in total. The molecule has 0 amide bonds. The van der Waals surface area contributed by atoms with E-state index in [0.717, 1.165) is 30.3 Å². The van der Waals surface area contributed by atoms with Gasteiger partial charge in [-0.15, -0.1) is 0 Å². The van der Waals surface area contributed by atoms with Gasteiger partial charge in [0.05, 0.1) is 6.54 Å². The van der Waals surface area contributed by atoms with Crippen molar-refractivity contribution in [3.05, 3.63) is 35.4 Å². The molecular formula is C14H21N3S2. The molecule has 2 rings (SSSR count). The van der Waals surface area contributed by atoms with Crippen molar-refractivity contribution in [2.75, 3.05) is 30.9 Å². The smallest absolute Gasteiger partial charge is 0.191 e. The predicted molar refractivity (Wildman–Crippen MR) is 87.9 cm³/mol. The largest absolute Gasteiger partial charge is 0.370 e. The summed E-state index contributed by atoms with van der Waals surface area (Å²) < 4.78 is 0. The Labute approximate surface area is 124 Å². The summed E-state index contributed by atoms with van der Waals surface area (Å²) >= 11 is 3.82. The van der Waals surface area contributed by atoms with Crippen LogP contribution in [-0.4, -0.2) is 41.7 Å². The first-order valence-electron chi connectivity index (χ1n) is 6.49. The zero-order chi connectivity index (χ0) is 13.5. The molecule has 0 aromatic heterocycles. The average Bonchev–Trinajstić information content (AvgIpc) is 2.46. The number of rotatable bonds is 4. The Morgan fingerprint density at radius 1 is 1.37 bits per heavy atom. The second-order valence-electron chi connectivity index (χ2n) is 4.53. The molecule has 104 valence electrons. The fourth-order valence-corrected chi connectivity index (χ4v) is 3.47. The minimum absolute atomic E-state index is 0.678. The molecule has 0 atom stereocenters. The molecule has 3 nitrogen and oxygen atoms in total. The highest BCUT2D eigenvalue weighted by Gasteiger charge is 2.11. The van der Waals surface area contributed by atoms with Crippen molar-refractivity contribution in [1.29, 1.82) is 0 Å². The summed E-state index contributed by atoms with van der Waals surface area (Å²) in [6.07, 6.45) is 2.12. The number of nitrogens with zero attached hydrogens (tertiary/aromatic N) is 2. The summed E-state index contributed by atoms with van der Waals surface area (Å²) in [6.45, 7) is 2.72. The van der Waals surface area contributed by atoms with Crippen molar-refractivity contribution in [2.45, 2.75) is 12.3 Å². The maximum atomic E-state index is 6.06. The number of hydrogen-bond acceptors (Lipinski definition) is 3. The zero-order valence-electron chi connectivity index (χ0n) is 11.3. The Morgan fingerprint density at radius 2 is 2.11 bits per heavy atom. The first-order valence-corrected chi connectivity index (χ1v) is 9.04. The Morgan fingerprint density at radius 3 is 2.84 bits per heavy atom. The maximum Gasteiger partial charge on any atom is 0.191 e. The van der Waals surface area contributed by atoms with Gasteiger partial charge in [0.1, 0.15) is 0 Å². The van der Waals surface area contributed by atoms with Crippen LogP contribution in [0.1, 0.15) is 11.1 Å². The van der Waals surface area contributed by atoms with E-state index in [4.69, 9.17) is 5.73 Å². The number of benzene rings is 1. The van der Waals surface area contributed by atoms with E-state index in [1.165, 1.54) is 11.1 Å². The van der Waals surface area contributed by atoms with Gasteiger partial charge in [-0.05, 0) is 17.4 Å². The zero-order valence-corrected chi connectivity index (χ0v) is 13.0. The van der Waals surface area contributed by atoms with Gasteiger partial charge >= 0.3 is 0 Å². The van der Waals surface area contributed by atoms with Gasteiger partial charge in [0.15, 0.2) is 5.96 Å². The molecule has 1 aromatic rings. The standard InChI is InChI=1S/C14H21N3S2/c1-18-11-13-4-2-3-12(9-13)10-16-14(15)17-5-7-19-8-6-17/h2-4,9H,5-8,10-11H2,1H3,(H2,15,16). The highest BCUT2D eigenvalue weighted by molar-refractivity contribution is 7.99. The third-order valence-corrected chi connectivity index (χ3v) is 4.63. The van der Waals surface area contributed by atoms with Crippen molar-refractivity contribution in [3.8, 4) is 0 Å². The Kier molecular flexibility index (Phi) is 5.92. The van der Waals surface area contributed by atoms with Gasteiger partial charge in [-0.3, -0.25) is 0 Å². The summed E-state index contributed by atoms with van der Waals surface area (Å²) in [7, 11) is 0. The summed E-state index contributed by atoms with van der Waals surface area (Å²) in [4.78, 5) is 6.71. The van der Waals surface area contributed by atoms with Crippen LogP contribution in [0.25, 0.3) is 0 Å². The normalized spacial score (nSPS) is 16.7. The van der Waals surface area contributed by atoms with Gasteiger partial charge in [0.25, 0.3) is 0 Å². The Bertz CT molecular complexity index is 428. The fraction of sp³-hybridized carbons (Fsp3) is 0.500. The molecule has 1 fully saturated rings. The molecule has 0 bridgehead atoms. The molecule has 1 aromatic carbocycles. The molecule has 0 saturated carbocycles. The van der Waals surface area contributed by atoms with Crippen LogP contribution >= 0.6 is 23.5 Å². The van der Waals surface area contributed by atoms with Crippen LogP contribution in [0.3, 0.4) is 0 Å². The van der Waals surface area contributed by atoms with E-state index in [9.17, 15) is 0 Å². The van der Waals surface area contributed by atoms with Crippen LogP contribution in [0.2, 0.25) is 0 Å². The fourth-order valence-electron chi connectivity index (χ4n) is 2.05. The van der Waals surface area contributed by atoms with Gasteiger partial charge in [-0.25, -0.2) is 4.99 Å². The van der Waals surface area contributed by atoms with E-state index >= 15 is 0 Å². The SMILES string of the molecule is CSCc1cccc(CN=C(N)N2CCSCC2)c1. The lowest BCUT2D eigenvalue weighted by atomic mass is 10.1. The van der Waals surface area contributed by atoms with E-state index < -0.39 is 0 Å². The molecular weight excluding hydrogens is 274 g/mol. The van der Waals surface area contributed by atoms with Crippen LogP contribution in [-0.2, 0) is 12.3 Å².